The molecule has 0 fully saturated rings. The Labute approximate surface area is 98.2 Å². The van der Waals surface area contributed by atoms with E-state index in [1.165, 1.54) is 9.35 Å². The fourth-order valence-electron chi connectivity index (χ4n) is 1.07. The molecule has 80 valence electrons. The minimum absolute atomic E-state index is 0.0639. The van der Waals surface area contributed by atoms with Crippen molar-refractivity contribution in [1.82, 2.24) is 4.90 Å². The standard InChI is InChI=1S/C10H17BrN2S/c1-10(2,7-12)13(3)5-8-4-9(11)14-6-8/h4,6H,5,7,12H2,1-3H3. The Hall–Kier alpha value is 0.1000. The van der Waals surface area contributed by atoms with Gasteiger partial charge >= 0.3 is 0 Å². The number of thiophene rings is 1. The summed E-state index contributed by atoms with van der Waals surface area (Å²) in [5.74, 6) is 0. The smallest absolute Gasteiger partial charge is 0.0701 e. The first-order chi connectivity index (χ1) is 6.45. The summed E-state index contributed by atoms with van der Waals surface area (Å²) in [5, 5.41) is 2.17. The minimum Gasteiger partial charge on any atom is -0.329 e. The Balaban J connectivity index is 2.61. The van der Waals surface area contributed by atoms with Crippen LogP contribution >= 0.6 is 27.3 Å². The van der Waals surface area contributed by atoms with E-state index in [4.69, 9.17) is 5.73 Å². The van der Waals surface area contributed by atoms with Gasteiger partial charge in [0.1, 0.15) is 0 Å². The number of rotatable bonds is 4. The Bertz CT molecular complexity index is 296. The molecule has 2 nitrogen and oxygen atoms in total. The van der Waals surface area contributed by atoms with Gasteiger partial charge < -0.3 is 5.73 Å². The van der Waals surface area contributed by atoms with Gasteiger partial charge in [-0.2, -0.15) is 0 Å². The van der Waals surface area contributed by atoms with Crippen molar-refractivity contribution in [3.63, 3.8) is 0 Å². The molecule has 14 heavy (non-hydrogen) atoms. The number of halogens is 1. The molecule has 1 aromatic rings. The number of likely N-dealkylation sites (N-methyl/N-ethyl adjacent to an activating group) is 1. The van der Waals surface area contributed by atoms with Crippen molar-refractivity contribution < 1.29 is 0 Å². The first-order valence-electron chi connectivity index (χ1n) is 4.60. The molecule has 0 aliphatic carbocycles. The van der Waals surface area contributed by atoms with Crippen LogP contribution in [0, 0.1) is 0 Å². The number of nitrogens with two attached hydrogens (primary N) is 1. The van der Waals surface area contributed by atoms with E-state index in [1.54, 1.807) is 11.3 Å². The molecule has 0 amide bonds. The zero-order valence-electron chi connectivity index (χ0n) is 8.88. The van der Waals surface area contributed by atoms with Crippen LogP contribution in [0.1, 0.15) is 19.4 Å². The maximum Gasteiger partial charge on any atom is 0.0701 e. The summed E-state index contributed by atoms with van der Waals surface area (Å²) >= 11 is 5.19. The SMILES string of the molecule is CN(Cc1csc(Br)c1)C(C)(C)CN. The zero-order chi connectivity index (χ0) is 10.8. The highest BCUT2D eigenvalue weighted by atomic mass is 79.9. The molecule has 0 radical (unpaired) electrons. The van der Waals surface area contributed by atoms with Gasteiger partial charge in [-0.05, 0) is 53.8 Å². The fraction of sp³-hybridized carbons (Fsp3) is 0.600. The maximum absolute atomic E-state index is 5.72. The Morgan fingerprint density at radius 2 is 2.21 bits per heavy atom. The highest BCUT2D eigenvalue weighted by Crippen LogP contribution is 2.23. The first-order valence-corrected chi connectivity index (χ1v) is 6.27. The molecule has 1 heterocycles. The van der Waals surface area contributed by atoms with Crippen LogP contribution < -0.4 is 5.73 Å². The van der Waals surface area contributed by atoms with Crippen molar-refractivity contribution in [2.75, 3.05) is 13.6 Å². The molecule has 2 N–H and O–H groups in total. The van der Waals surface area contributed by atoms with Crippen LogP contribution in [0.2, 0.25) is 0 Å². The number of nitrogens with zero attached hydrogens (tertiary/aromatic N) is 1. The second-order valence-electron chi connectivity index (χ2n) is 4.13. The summed E-state index contributed by atoms with van der Waals surface area (Å²) < 4.78 is 1.19. The molecule has 0 saturated carbocycles. The normalized spacial score (nSPS) is 12.4. The van der Waals surface area contributed by atoms with Crippen molar-refractivity contribution in [2.45, 2.75) is 25.9 Å². The molecule has 0 aliphatic heterocycles. The highest BCUT2D eigenvalue weighted by Gasteiger charge is 2.21. The summed E-state index contributed by atoms with van der Waals surface area (Å²) in [4.78, 5) is 2.28. The quantitative estimate of drug-likeness (QED) is 0.916. The molecule has 0 unspecified atom stereocenters. The van der Waals surface area contributed by atoms with Gasteiger partial charge in [0.15, 0.2) is 0 Å². The summed E-state index contributed by atoms with van der Waals surface area (Å²) in [5.41, 5.74) is 7.12. The van der Waals surface area contributed by atoms with Gasteiger partial charge in [0.25, 0.3) is 0 Å². The molecule has 1 rings (SSSR count). The highest BCUT2D eigenvalue weighted by molar-refractivity contribution is 9.11. The number of hydrogen-bond donors (Lipinski definition) is 1. The third kappa shape index (κ3) is 3.05. The molecule has 0 aliphatic rings. The Kier molecular flexibility index (Phi) is 4.13. The molecule has 0 bridgehead atoms. The van der Waals surface area contributed by atoms with E-state index in [2.05, 4.69) is 53.2 Å². The van der Waals surface area contributed by atoms with Crippen LogP contribution in [0.3, 0.4) is 0 Å². The van der Waals surface area contributed by atoms with Gasteiger partial charge in [0, 0.05) is 18.6 Å². The largest absolute Gasteiger partial charge is 0.329 e. The molecule has 1 aromatic heterocycles. The van der Waals surface area contributed by atoms with E-state index in [0.29, 0.717) is 6.54 Å². The van der Waals surface area contributed by atoms with Gasteiger partial charge in [-0.1, -0.05) is 0 Å². The molecule has 0 atom stereocenters. The molecular weight excluding hydrogens is 260 g/mol. The lowest BCUT2D eigenvalue weighted by atomic mass is 10.0. The number of hydrogen-bond acceptors (Lipinski definition) is 3. The predicted molar refractivity (Wildman–Crippen MR) is 66.6 cm³/mol. The Morgan fingerprint density at radius 1 is 1.57 bits per heavy atom. The van der Waals surface area contributed by atoms with Crippen molar-refractivity contribution in [1.29, 1.82) is 0 Å². The van der Waals surface area contributed by atoms with Gasteiger partial charge in [-0.25, -0.2) is 0 Å². The average molecular weight is 277 g/mol. The van der Waals surface area contributed by atoms with E-state index < -0.39 is 0 Å². The van der Waals surface area contributed by atoms with Crippen LogP contribution in [0.5, 0.6) is 0 Å². The van der Waals surface area contributed by atoms with Crippen molar-refractivity contribution >= 4 is 27.3 Å². The van der Waals surface area contributed by atoms with E-state index in [-0.39, 0.29) is 5.54 Å². The monoisotopic (exact) mass is 276 g/mol. The molecule has 4 heteroatoms. The second kappa shape index (κ2) is 4.75. The average Bonchev–Trinajstić information content (AvgIpc) is 2.51. The second-order valence-corrected chi connectivity index (χ2v) is 6.42. The molecular formula is C10H17BrN2S. The predicted octanol–water partition coefficient (Wildman–Crippen LogP) is 2.68. The van der Waals surface area contributed by atoms with Gasteiger partial charge in [-0.3, -0.25) is 4.90 Å². The van der Waals surface area contributed by atoms with Gasteiger partial charge in [0.2, 0.25) is 0 Å². The lowest BCUT2D eigenvalue weighted by molar-refractivity contribution is 0.156. The third-order valence-electron chi connectivity index (χ3n) is 2.57. The van der Waals surface area contributed by atoms with E-state index in [9.17, 15) is 0 Å². The van der Waals surface area contributed by atoms with Crippen LogP contribution in [0.15, 0.2) is 15.2 Å². The molecule has 0 saturated heterocycles. The molecule has 0 spiro atoms. The van der Waals surface area contributed by atoms with Gasteiger partial charge in [-0.15, -0.1) is 11.3 Å². The van der Waals surface area contributed by atoms with Crippen LogP contribution in [0.4, 0.5) is 0 Å². The first kappa shape index (κ1) is 12.2. The summed E-state index contributed by atoms with van der Waals surface area (Å²) in [7, 11) is 2.11. The van der Waals surface area contributed by atoms with Crippen molar-refractivity contribution in [2.24, 2.45) is 5.73 Å². The zero-order valence-corrected chi connectivity index (χ0v) is 11.3. The molecule has 0 aromatic carbocycles. The van der Waals surface area contributed by atoms with E-state index in [0.717, 1.165) is 6.54 Å². The summed E-state index contributed by atoms with van der Waals surface area (Å²) in [6.07, 6.45) is 0. The fourth-order valence-corrected chi connectivity index (χ4v) is 2.27. The van der Waals surface area contributed by atoms with E-state index in [1.807, 2.05) is 0 Å². The van der Waals surface area contributed by atoms with E-state index >= 15 is 0 Å². The van der Waals surface area contributed by atoms with Crippen LogP contribution in [-0.4, -0.2) is 24.0 Å². The summed E-state index contributed by atoms with van der Waals surface area (Å²) in [6.45, 7) is 5.95. The van der Waals surface area contributed by atoms with Crippen LogP contribution in [-0.2, 0) is 6.54 Å². The maximum atomic E-state index is 5.72. The topological polar surface area (TPSA) is 29.3 Å². The van der Waals surface area contributed by atoms with Crippen LogP contribution in [0.25, 0.3) is 0 Å². The van der Waals surface area contributed by atoms with Crippen molar-refractivity contribution in [3.05, 3.63) is 20.8 Å². The third-order valence-corrected chi connectivity index (χ3v) is 4.13. The minimum atomic E-state index is 0.0639. The Morgan fingerprint density at radius 3 is 2.64 bits per heavy atom. The summed E-state index contributed by atoms with van der Waals surface area (Å²) in [6, 6.07) is 2.16. The lowest BCUT2D eigenvalue weighted by Crippen LogP contribution is -2.46. The van der Waals surface area contributed by atoms with Gasteiger partial charge in [0.05, 0.1) is 3.79 Å². The lowest BCUT2D eigenvalue weighted by Gasteiger charge is -2.34. The van der Waals surface area contributed by atoms with Crippen molar-refractivity contribution in [3.8, 4) is 0 Å².